The standard InChI is InChI=1S/C40H32N2O2/c1-23-27-11-5-7-13-29(27)25(3)39-31(23)17-19-37(43)33(39)21-41-35-15-9-10-16-36(35)42-22-34-38(44)20-18-32-24(2)28-12-6-8-14-30(28)26(4)40(32)34/h5-22,43-44H,1-4H3. The monoisotopic (exact) mass is 572 g/mol. The molecule has 0 aliphatic heterocycles. The number of aryl methyl sites for hydroxylation is 4. The van der Waals surface area contributed by atoms with Crippen LogP contribution in [0.4, 0.5) is 11.4 Å². The van der Waals surface area contributed by atoms with Crippen molar-refractivity contribution in [3.05, 3.63) is 130 Å². The Labute approximate surface area is 256 Å². The molecule has 214 valence electrons. The molecule has 0 atom stereocenters. The molecule has 7 aromatic carbocycles. The first-order valence-corrected chi connectivity index (χ1v) is 14.8. The van der Waals surface area contributed by atoms with E-state index in [1.807, 2.05) is 48.5 Å². The number of aromatic hydroxyl groups is 2. The minimum Gasteiger partial charge on any atom is -0.507 e. The Morgan fingerprint density at radius 2 is 0.750 bits per heavy atom. The Bertz CT molecular complexity index is 2180. The van der Waals surface area contributed by atoms with Crippen LogP contribution in [0.25, 0.3) is 43.1 Å². The molecule has 0 aromatic heterocycles. The van der Waals surface area contributed by atoms with Gasteiger partial charge in [0.2, 0.25) is 0 Å². The van der Waals surface area contributed by atoms with Crippen molar-refractivity contribution in [2.75, 3.05) is 0 Å². The molecule has 4 nitrogen and oxygen atoms in total. The topological polar surface area (TPSA) is 65.2 Å². The van der Waals surface area contributed by atoms with Crippen LogP contribution in [0.1, 0.15) is 33.4 Å². The Balaban J connectivity index is 1.35. The molecule has 0 unspecified atom stereocenters. The predicted molar refractivity (Wildman–Crippen MR) is 186 cm³/mol. The summed E-state index contributed by atoms with van der Waals surface area (Å²) in [5.41, 5.74) is 7.24. The molecule has 0 radical (unpaired) electrons. The molecule has 7 aromatic rings. The largest absolute Gasteiger partial charge is 0.507 e. The summed E-state index contributed by atoms with van der Waals surface area (Å²) >= 11 is 0. The van der Waals surface area contributed by atoms with Crippen molar-refractivity contribution in [3.8, 4) is 11.5 Å². The second-order valence-electron chi connectivity index (χ2n) is 11.4. The summed E-state index contributed by atoms with van der Waals surface area (Å²) < 4.78 is 0. The summed E-state index contributed by atoms with van der Waals surface area (Å²) in [6.07, 6.45) is 3.48. The van der Waals surface area contributed by atoms with Gasteiger partial charge in [-0.25, -0.2) is 0 Å². The second kappa shape index (κ2) is 10.7. The van der Waals surface area contributed by atoms with Crippen molar-refractivity contribution in [2.24, 2.45) is 9.98 Å². The lowest BCUT2D eigenvalue weighted by Crippen LogP contribution is -1.94. The number of benzene rings is 7. The van der Waals surface area contributed by atoms with Crippen molar-refractivity contribution in [3.63, 3.8) is 0 Å². The number of hydrogen-bond acceptors (Lipinski definition) is 4. The maximum Gasteiger partial charge on any atom is 0.125 e. The van der Waals surface area contributed by atoms with Gasteiger partial charge in [-0.15, -0.1) is 0 Å². The molecule has 0 aliphatic carbocycles. The quantitative estimate of drug-likeness (QED) is 0.163. The van der Waals surface area contributed by atoms with Crippen molar-refractivity contribution in [1.82, 2.24) is 0 Å². The predicted octanol–water partition coefficient (Wildman–Crippen LogP) is 10.4. The van der Waals surface area contributed by atoms with E-state index < -0.39 is 0 Å². The molecule has 0 fully saturated rings. The third-order valence-corrected chi connectivity index (χ3v) is 9.02. The highest BCUT2D eigenvalue weighted by molar-refractivity contribution is 6.14. The van der Waals surface area contributed by atoms with Crippen molar-refractivity contribution in [2.45, 2.75) is 27.7 Å². The molecular weight excluding hydrogens is 540 g/mol. The Hall–Kier alpha value is -5.48. The minimum absolute atomic E-state index is 0.179. The van der Waals surface area contributed by atoms with E-state index in [4.69, 9.17) is 9.98 Å². The van der Waals surface area contributed by atoms with E-state index in [0.29, 0.717) is 22.5 Å². The summed E-state index contributed by atoms with van der Waals surface area (Å²) in [6.45, 7) is 8.45. The summed E-state index contributed by atoms with van der Waals surface area (Å²) in [5, 5.41) is 30.9. The normalized spacial score (nSPS) is 12.1. The van der Waals surface area contributed by atoms with Crippen LogP contribution in [0.15, 0.2) is 107 Å². The highest BCUT2D eigenvalue weighted by atomic mass is 16.3. The van der Waals surface area contributed by atoms with Crippen LogP contribution < -0.4 is 0 Å². The van der Waals surface area contributed by atoms with Gasteiger partial charge in [0, 0.05) is 23.6 Å². The second-order valence-corrected chi connectivity index (χ2v) is 11.4. The van der Waals surface area contributed by atoms with Gasteiger partial charge in [-0.2, -0.15) is 0 Å². The van der Waals surface area contributed by atoms with Gasteiger partial charge in [-0.05, 0) is 117 Å². The highest BCUT2D eigenvalue weighted by Gasteiger charge is 2.16. The van der Waals surface area contributed by atoms with Gasteiger partial charge in [-0.1, -0.05) is 72.8 Å². The number of hydrogen-bond donors (Lipinski definition) is 2. The lowest BCUT2D eigenvalue weighted by molar-refractivity contribution is 0.475. The Morgan fingerprint density at radius 3 is 1.14 bits per heavy atom. The van der Waals surface area contributed by atoms with Crippen LogP contribution in [0.3, 0.4) is 0 Å². The molecule has 0 saturated heterocycles. The molecule has 0 heterocycles. The van der Waals surface area contributed by atoms with Crippen LogP contribution in [0.2, 0.25) is 0 Å². The molecule has 0 spiro atoms. The molecule has 7 rings (SSSR count). The van der Waals surface area contributed by atoms with Gasteiger partial charge < -0.3 is 10.2 Å². The van der Waals surface area contributed by atoms with Gasteiger partial charge in [0.1, 0.15) is 11.5 Å². The van der Waals surface area contributed by atoms with Crippen LogP contribution in [0, 0.1) is 27.7 Å². The number of fused-ring (bicyclic) bond motifs is 4. The van der Waals surface area contributed by atoms with E-state index in [2.05, 4.69) is 64.1 Å². The van der Waals surface area contributed by atoms with Crippen molar-refractivity contribution in [1.29, 1.82) is 0 Å². The average molecular weight is 573 g/mol. The third-order valence-electron chi connectivity index (χ3n) is 9.02. The van der Waals surface area contributed by atoms with E-state index in [0.717, 1.165) is 43.4 Å². The fraction of sp³-hybridized carbons (Fsp3) is 0.100. The lowest BCUT2D eigenvalue weighted by Gasteiger charge is -2.15. The van der Waals surface area contributed by atoms with E-state index >= 15 is 0 Å². The maximum absolute atomic E-state index is 11.0. The number of rotatable bonds is 4. The van der Waals surface area contributed by atoms with Gasteiger partial charge >= 0.3 is 0 Å². The van der Waals surface area contributed by atoms with Gasteiger partial charge in [0.05, 0.1) is 11.4 Å². The number of para-hydroxylation sites is 2. The third kappa shape index (κ3) is 4.30. The van der Waals surface area contributed by atoms with Crippen LogP contribution >= 0.6 is 0 Å². The molecule has 2 N–H and O–H groups in total. The molecule has 0 aliphatic rings. The van der Waals surface area contributed by atoms with Gasteiger partial charge in [-0.3, -0.25) is 9.98 Å². The first kappa shape index (κ1) is 27.4. The SMILES string of the molecule is Cc1c2ccccc2c(C)c2c(C=Nc3ccccc3N=Cc3c(O)ccc4c(C)c5ccccc5c(C)c34)c(O)ccc12. The molecule has 4 heteroatoms. The Kier molecular flexibility index (Phi) is 6.63. The molecular formula is C40H32N2O2. The zero-order valence-corrected chi connectivity index (χ0v) is 25.2. The van der Waals surface area contributed by atoms with E-state index in [-0.39, 0.29) is 11.5 Å². The van der Waals surface area contributed by atoms with E-state index in [1.54, 1.807) is 24.6 Å². The summed E-state index contributed by atoms with van der Waals surface area (Å²) in [5.74, 6) is 0.359. The van der Waals surface area contributed by atoms with Crippen LogP contribution in [0.5, 0.6) is 11.5 Å². The molecule has 0 saturated carbocycles. The number of phenolic OH excluding ortho intramolecular Hbond substituents is 2. The average Bonchev–Trinajstić information content (AvgIpc) is 3.05. The van der Waals surface area contributed by atoms with Crippen LogP contribution in [-0.2, 0) is 0 Å². The Morgan fingerprint density at radius 1 is 0.409 bits per heavy atom. The van der Waals surface area contributed by atoms with Crippen molar-refractivity contribution >= 4 is 66.9 Å². The van der Waals surface area contributed by atoms with Crippen LogP contribution in [-0.4, -0.2) is 22.6 Å². The molecule has 0 bridgehead atoms. The lowest BCUT2D eigenvalue weighted by atomic mass is 9.90. The fourth-order valence-corrected chi connectivity index (χ4v) is 6.70. The number of nitrogens with zero attached hydrogens (tertiary/aromatic N) is 2. The smallest absolute Gasteiger partial charge is 0.125 e. The van der Waals surface area contributed by atoms with Gasteiger partial charge in [0.15, 0.2) is 0 Å². The number of aliphatic imine (C=N–C) groups is 2. The zero-order valence-electron chi connectivity index (χ0n) is 25.2. The van der Waals surface area contributed by atoms with E-state index in [1.165, 1.54) is 21.9 Å². The zero-order chi connectivity index (χ0) is 30.5. The first-order valence-electron chi connectivity index (χ1n) is 14.8. The molecule has 0 amide bonds. The summed E-state index contributed by atoms with van der Waals surface area (Å²) in [7, 11) is 0. The minimum atomic E-state index is 0.179. The number of phenols is 2. The van der Waals surface area contributed by atoms with E-state index in [9.17, 15) is 10.2 Å². The summed E-state index contributed by atoms with van der Waals surface area (Å²) in [6, 6.07) is 31.9. The fourth-order valence-electron chi connectivity index (χ4n) is 6.70. The maximum atomic E-state index is 11.0. The highest BCUT2D eigenvalue weighted by Crippen LogP contribution is 2.39. The summed E-state index contributed by atoms with van der Waals surface area (Å²) in [4.78, 5) is 9.69. The first-order chi connectivity index (χ1) is 21.3. The molecule has 44 heavy (non-hydrogen) atoms. The van der Waals surface area contributed by atoms with Gasteiger partial charge in [0.25, 0.3) is 0 Å². The van der Waals surface area contributed by atoms with Crippen molar-refractivity contribution < 1.29 is 10.2 Å².